The van der Waals surface area contributed by atoms with Gasteiger partial charge in [0.1, 0.15) is 6.04 Å². The fourth-order valence-corrected chi connectivity index (χ4v) is 6.42. The molecular formula is C28H33N3O4S. The number of nitrogens with one attached hydrogen (secondary N) is 1. The normalized spacial score (nSPS) is 14.8. The molecule has 0 spiro atoms. The molecule has 1 aliphatic heterocycles. The van der Waals surface area contributed by atoms with Crippen molar-refractivity contribution in [2.45, 2.75) is 64.1 Å². The minimum Gasteiger partial charge on any atom is -0.352 e. The largest absolute Gasteiger partial charge is 0.352 e. The summed E-state index contributed by atoms with van der Waals surface area (Å²) >= 11 is 0. The highest BCUT2D eigenvalue weighted by atomic mass is 32.2. The predicted molar refractivity (Wildman–Crippen MR) is 142 cm³/mol. The standard InChI is InChI=1S/C28H33N3O4S/c1-19(2)29-28(33)21(4)30(18-23-11-6-5-10-20(23)3)26(32)16-9-17-31-24-14-7-12-22-13-8-15-25(27(22)24)36(31,34)35/h5-8,10-15,19,21H,9,16-18H2,1-4H3,(H,29,33). The van der Waals surface area contributed by atoms with Crippen LogP contribution in [0, 0.1) is 6.92 Å². The van der Waals surface area contributed by atoms with Crippen LogP contribution in [0.5, 0.6) is 0 Å². The van der Waals surface area contributed by atoms with Crippen LogP contribution in [0.15, 0.2) is 65.6 Å². The molecule has 0 saturated carbocycles. The van der Waals surface area contributed by atoms with Crippen LogP contribution in [0.4, 0.5) is 5.69 Å². The van der Waals surface area contributed by atoms with Gasteiger partial charge < -0.3 is 10.2 Å². The number of nitrogens with zero attached hydrogens (tertiary/aromatic N) is 2. The van der Waals surface area contributed by atoms with Gasteiger partial charge in [-0.2, -0.15) is 0 Å². The summed E-state index contributed by atoms with van der Waals surface area (Å²) in [6, 6.07) is 17.9. The van der Waals surface area contributed by atoms with E-state index in [9.17, 15) is 18.0 Å². The maximum atomic E-state index is 13.4. The van der Waals surface area contributed by atoms with E-state index in [-0.39, 0.29) is 30.8 Å². The van der Waals surface area contributed by atoms with Gasteiger partial charge in [-0.3, -0.25) is 13.9 Å². The summed E-state index contributed by atoms with van der Waals surface area (Å²) in [7, 11) is -3.67. The first-order valence-electron chi connectivity index (χ1n) is 12.3. The van der Waals surface area contributed by atoms with Gasteiger partial charge in [0.05, 0.1) is 10.6 Å². The van der Waals surface area contributed by atoms with E-state index in [1.807, 2.05) is 63.2 Å². The van der Waals surface area contributed by atoms with E-state index in [4.69, 9.17) is 0 Å². The zero-order valence-corrected chi connectivity index (χ0v) is 22.0. The third kappa shape index (κ3) is 4.95. The molecule has 1 N–H and O–H groups in total. The Morgan fingerprint density at radius 1 is 0.972 bits per heavy atom. The second kappa shape index (κ2) is 10.3. The van der Waals surface area contributed by atoms with Crippen molar-refractivity contribution >= 4 is 38.3 Å². The molecule has 0 saturated heterocycles. The summed E-state index contributed by atoms with van der Waals surface area (Å²) in [4.78, 5) is 28.1. The molecule has 0 fully saturated rings. The number of aryl methyl sites for hydroxylation is 1. The number of sulfonamides is 1. The number of benzene rings is 3. The van der Waals surface area contributed by atoms with Crippen molar-refractivity contribution in [3.8, 4) is 0 Å². The van der Waals surface area contributed by atoms with Gasteiger partial charge in [0.25, 0.3) is 10.0 Å². The highest BCUT2D eigenvalue weighted by molar-refractivity contribution is 7.93. The lowest BCUT2D eigenvalue weighted by atomic mass is 10.1. The number of hydrogen-bond acceptors (Lipinski definition) is 4. The highest BCUT2D eigenvalue weighted by Crippen LogP contribution is 2.42. The van der Waals surface area contributed by atoms with Crippen molar-refractivity contribution in [3.63, 3.8) is 0 Å². The Kier molecular flexibility index (Phi) is 7.36. The van der Waals surface area contributed by atoms with E-state index in [0.29, 0.717) is 23.5 Å². The second-order valence-corrected chi connectivity index (χ2v) is 11.4. The SMILES string of the molecule is Cc1ccccc1CN(C(=O)CCCN1c2cccc3cccc(c23)S1(=O)=O)C(C)C(=O)NC(C)C. The summed E-state index contributed by atoms with van der Waals surface area (Å²) in [6.07, 6.45) is 0.467. The van der Waals surface area contributed by atoms with Crippen LogP contribution in [-0.2, 0) is 26.2 Å². The van der Waals surface area contributed by atoms with E-state index in [1.54, 1.807) is 30.0 Å². The number of carbonyl (C=O) groups excluding carboxylic acids is 2. The average Bonchev–Trinajstić information content (AvgIpc) is 3.05. The second-order valence-electron chi connectivity index (χ2n) is 9.60. The molecule has 0 bridgehead atoms. The van der Waals surface area contributed by atoms with Crippen LogP contribution in [0.2, 0.25) is 0 Å². The molecule has 0 aliphatic carbocycles. The first-order valence-corrected chi connectivity index (χ1v) is 13.7. The molecule has 1 aliphatic rings. The third-order valence-electron chi connectivity index (χ3n) is 6.63. The van der Waals surface area contributed by atoms with E-state index in [2.05, 4.69) is 5.32 Å². The minimum atomic E-state index is -3.67. The molecule has 1 heterocycles. The van der Waals surface area contributed by atoms with Gasteiger partial charge in [-0.1, -0.05) is 48.5 Å². The summed E-state index contributed by atoms with van der Waals surface area (Å²) in [6.45, 7) is 7.97. The molecule has 7 nitrogen and oxygen atoms in total. The van der Waals surface area contributed by atoms with Crippen LogP contribution < -0.4 is 9.62 Å². The van der Waals surface area contributed by atoms with E-state index in [0.717, 1.165) is 21.9 Å². The fourth-order valence-electron chi connectivity index (χ4n) is 4.68. The summed E-state index contributed by atoms with van der Waals surface area (Å²) in [5, 5.41) is 4.50. The maximum absolute atomic E-state index is 13.4. The smallest absolute Gasteiger partial charge is 0.265 e. The Bertz CT molecular complexity index is 1400. The number of rotatable bonds is 9. The molecule has 1 unspecified atom stereocenters. The van der Waals surface area contributed by atoms with E-state index >= 15 is 0 Å². The minimum absolute atomic E-state index is 0.0416. The van der Waals surface area contributed by atoms with Crippen molar-refractivity contribution in [1.82, 2.24) is 10.2 Å². The van der Waals surface area contributed by atoms with Gasteiger partial charge in [0.15, 0.2) is 0 Å². The molecule has 3 aromatic carbocycles. The van der Waals surface area contributed by atoms with Crippen LogP contribution >= 0.6 is 0 Å². The number of anilines is 1. The Balaban J connectivity index is 1.51. The third-order valence-corrected chi connectivity index (χ3v) is 8.49. The van der Waals surface area contributed by atoms with Crippen molar-refractivity contribution in [2.75, 3.05) is 10.8 Å². The molecule has 1 atom stereocenters. The molecule has 190 valence electrons. The van der Waals surface area contributed by atoms with Crippen LogP contribution in [0.25, 0.3) is 10.8 Å². The van der Waals surface area contributed by atoms with Gasteiger partial charge in [0.2, 0.25) is 11.8 Å². The molecule has 0 aromatic heterocycles. The Morgan fingerprint density at radius 2 is 1.67 bits per heavy atom. The van der Waals surface area contributed by atoms with Crippen LogP contribution in [0.3, 0.4) is 0 Å². The topological polar surface area (TPSA) is 86.8 Å². The van der Waals surface area contributed by atoms with Crippen LogP contribution in [0.1, 0.15) is 44.7 Å². The van der Waals surface area contributed by atoms with Crippen molar-refractivity contribution in [1.29, 1.82) is 0 Å². The number of carbonyl (C=O) groups is 2. The quantitative estimate of drug-likeness (QED) is 0.466. The monoisotopic (exact) mass is 507 g/mol. The lowest BCUT2D eigenvalue weighted by Crippen LogP contribution is -2.49. The molecule has 36 heavy (non-hydrogen) atoms. The number of amides is 2. The Labute approximate surface area is 213 Å². The van der Waals surface area contributed by atoms with Gasteiger partial charge in [-0.15, -0.1) is 0 Å². The van der Waals surface area contributed by atoms with Gasteiger partial charge >= 0.3 is 0 Å². The zero-order chi connectivity index (χ0) is 26.0. The zero-order valence-electron chi connectivity index (χ0n) is 21.2. The Hall–Kier alpha value is -3.39. The van der Waals surface area contributed by atoms with Gasteiger partial charge in [0, 0.05) is 30.9 Å². The molecule has 2 amide bonds. The first kappa shape index (κ1) is 25.7. The fraction of sp³-hybridized carbons (Fsp3) is 0.357. The summed E-state index contributed by atoms with van der Waals surface area (Å²) in [5.41, 5.74) is 2.66. The molecule has 3 aromatic rings. The summed E-state index contributed by atoms with van der Waals surface area (Å²) < 4.78 is 27.9. The highest BCUT2D eigenvalue weighted by Gasteiger charge is 2.35. The van der Waals surface area contributed by atoms with E-state index < -0.39 is 16.1 Å². The van der Waals surface area contributed by atoms with Crippen LogP contribution in [-0.4, -0.2) is 43.8 Å². The number of hydrogen-bond donors (Lipinski definition) is 1. The van der Waals surface area contributed by atoms with Gasteiger partial charge in [-0.05, 0) is 62.8 Å². The Morgan fingerprint density at radius 3 is 2.36 bits per heavy atom. The predicted octanol–water partition coefficient (Wildman–Crippen LogP) is 4.38. The van der Waals surface area contributed by atoms with Crippen molar-refractivity contribution < 1.29 is 18.0 Å². The maximum Gasteiger partial charge on any atom is 0.265 e. The lowest BCUT2D eigenvalue weighted by molar-refractivity contribution is -0.140. The average molecular weight is 508 g/mol. The molecule has 0 radical (unpaired) electrons. The first-order chi connectivity index (χ1) is 17.1. The molecular weight excluding hydrogens is 474 g/mol. The van der Waals surface area contributed by atoms with Crippen molar-refractivity contribution in [2.24, 2.45) is 0 Å². The van der Waals surface area contributed by atoms with Crippen molar-refractivity contribution in [3.05, 3.63) is 71.8 Å². The molecule has 8 heteroatoms. The molecule has 4 rings (SSSR count). The lowest BCUT2D eigenvalue weighted by Gasteiger charge is -2.30. The van der Waals surface area contributed by atoms with Gasteiger partial charge in [-0.25, -0.2) is 8.42 Å². The van der Waals surface area contributed by atoms with E-state index in [1.165, 1.54) is 4.31 Å². The summed E-state index contributed by atoms with van der Waals surface area (Å²) in [5.74, 6) is -0.395.